The Morgan fingerprint density at radius 1 is 1.09 bits per heavy atom. The molecular formula is C25H26N4O4. The summed E-state index contributed by atoms with van der Waals surface area (Å²) in [5, 5.41) is 6.21. The van der Waals surface area contributed by atoms with Crippen LogP contribution in [0.25, 0.3) is 0 Å². The van der Waals surface area contributed by atoms with Crippen LogP contribution in [0.5, 0.6) is 0 Å². The highest BCUT2D eigenvalue weighted by molar-refractivity contribution is 6.15. The van der Waals surface area contributed by atoms with E-state index in [4.69, 9.17) is 5.73 Å². The third-order valence-electron chi connectivity index (χ3n) is 7.13. The molecule has 5 rings (SSSR count). The largest absolute Gasteiger partial charge is 0.370 e. The lowest BCUT2D eigenvalue weighted by Gasteiger charge is -2.29. The number of fused-ring (bicyclic) bond motifs is 4. The predicted molar refractivity (Wildman–Crippen MR) is 121 cm³/mol. The van der Waals surface area contributed by atoms with E-state index in [0.29, 0.717) is 17.7 Å². The summed E-state index contributed by atoms with van der Waals surface area (Å²) < 4.78 is 0. The first-order valence-corrected chi connectivity index (χ1v) is 11.2. The van der Waals surface area contributed by atoms with Crippen molar-refractivity contribution in [3.05, 3.63) is 65.2 Å². The van der Waals surface area contributed by atoms with Crippen LogP contribution in [0.2, 0.25) is 0 Å². The predicted octanol–water partition coefficient (Wildman–Crippen LogP) is 1.22. The number of likely N-dealkylation sites (tertiary alicyclic amines) is 1. The lowest BCUT2D eigenvalue weighted by molar-refractivity contribution is -0.142. The van der Waals surface area contributed by atoms with Crippen LogP contribution in [-0.2, 0) is 31.1 Å². The fourth-order valence-corrected chi connectivity index (χ4v) is 5.63. The zero-order valence-electron chi connectivity index (χ0n) is 18.3. The Kier molecular flexibility index (Phi) is 5.05. The van der Waals surface area contributed by atoms with E-state index >= 15 is 0 Å². The number of hydrogen-bond acceptors (Lipinski definition) is 5. The number of hydrogen-bond donors (Lipinski definition) is 3. The summed E-state index contributed by atoms with van der Waals surface area (Å²) in [6, 6.07) is 14.7. The van der Waals surface area contributed by atoms with E-state index in [-0.39, 0.29) is 37.1 Å². The maximum absolute atomic E-state index is 13.7. The molecule has 3 aliphatic heterocycles. The number of carbonyl (C=O) groups excluding carboxylic acids is 4. The molecular weight excluding hydrogens is 420 g/mol. The number of nitrogens with zero attached hydrogens (tertiary/aromatic N) is 1. The van der Waals surface area contributed by atoms with Gasteiger partial charge in [0.05, 0.1) is 11.8 Å². The van der Waals surface area contributed by atoms with Crippen molar-refractivity contribution in [3.63, 3.8) is 0 Å². The van der Waals surface area contributed by atoms with E-state index in [1.54, 1.807) is 0 Å². The fourth-order valence-electron chi connectivity index (χ4n) is 5.63. The average Bonchev–Trinajstić information content (AvgIpc) is 3.37. The third-order valence-corrected chi connectivity index (χ3v) is 7.13. The highest BCUT2D eigenvalue weighted by Gasteiger charge is 2.70. The first-order valence-electron chi connectivity index (χ1n) is 11.2. The van der Waals surface area contributed by atoms with E-state index in [1.807, 2.05) is 55.5 Å². The van der Waals surface area contributed by atoms with Gasteiger partial charge in [0.1, 0.15) is 5.54 Å². The van der Waals surface area contributed by atoms with Crippen molar-refractivity contribution in [2.24, 2.45) is 17.6 Å². The molecule has 4 amide bonds. The smallest absolute Gasteiger partial charge is 0.250 e. The van der Waals surface area contributed by atoms with Crippen LogP contribution in [0.15, 0.2) is 48.5 Å². The van der Waals surface area contributed by atoms with Gasteiger partial charge in [-0.3, -0.25) is 29.4 Å². The molecule has 2 aromatic rings. The summed E-state index contributed by atoms with van der Waals surface area (Å²) in [5.74, 6) is -3.08. The average molecular weight is 447 g/mol. The van der Waals surface area contributed by atoms with Crippen LogP contribution < -0.4 is 16.4 Å². The monoisotopic (exact) mass is 446 g/mol. The van der Waals surface area contributed by atoms with Crippen molar-refractivity contribution in [2.45, 2.75) is 37.8 Å². The molecule has 4 atom stereocenters. The molecule has 8 nitrogen and oxygen atoms in total. The van der Waals surface area contributed by atoms with Gasteiger partial charge in [-0.05, 0) is 31.4 Å². The minimum Gasteiger partial charge on any atom is -0.370 e. The Morgan fingerprint density at radius 3 is 2.58 bits per heavy atom. The van der Waals surface area contributed by atoms with Gasteiger partial charge in [-0.25, -0.2) is 0 Å². The molecule has 33 heavy (non-hydrogen) atoms. The first-order chi connectivity index (χ1) is 15.8. The summed E-state index contributed by atoms with van der Waals surface area (Å²) in [6.07, 6.45) is 0.870. The number of rotatable bonds is 6. The minimum absolute atomic E-state index is 0.0603. The van der Waals surface area contributed by atoms with Crippen molar-refractivity contribution < 1.29 is 19.2 Å². The molecule has 2 saturated heterocycles. The molecule has 0 radical (unpaired) electrons. The fraction of sp³-hybridized carbons (Fsp3) is 0.360. The van der Waals surface area contributed by atoms with Crippen molar-refractivity contribution in [1.29, 1.82) is 0 Å². The summed E-state index contributed by atoms with van der Waals surface area (Å²) in [7, 11) is 0. The van der Waals surface area contributed by atoms with Crippen LogP contribution in [0, 0.1) is 18.8 Å². The zero-order valence-corrected chi connectivity index (χ0v) is 18.3. The van der Waals surface area contributed by atoms with Crippen LogP contribution >= 0.6 is 0 Å². The zero-order chi connectivity index (χ0) is 23.3. The molecule has 3 heterocycles. The second kappa shape index (κ2) is 7.81. The van der Waals surface area contributed by atoms with Gasteiger partial charge in [0, 0.05) is 30.3 Å². The standard InChI is InChI=1S/C25H26N4O4/c1-14-7-8-17-16(13-14)25(24(33)27-17)21-20(18(28-25)9-10-19(26)30)22(31)29(23(21)32)12-11-15-5-3-2-4-6-15/h2-8,13,18,20-21,28H,9-12H2,1H3,(H2,26,30)(H,27,33)/t18-,20+,21+,25-/m0/s1. The number of benzene rings is 2. The second-order valence-electron chi connectivity index (χ2n) is 9.13. The van der Waals surface area contributed by atoms with E-state index in [2.05, 4.69) is 10.6 Å². The van der Waals surface area contributed by atoms with Gasteiger partial charge in [-0.2, -0.15) is 0 Å². The second-order valence-corrected chi connectivity index (χ2v) is 9.13. The lowest BCUT2D eigenvalue weighted by atomic mass is 9.76. The summed E-state index contributed by atoms with van der Waals surface area (Å²) >= 11 is 0. The molecule has 0 unspecified atom stereocenters. The van der Waals surface area contributed by atoms with Crippen molar-refractivity contribution in [2.75, 3.05) is 11.9 Å². The number of primary amides is 1. The van der Waals surface area contributed by atoms with E-state index in [0.717, 1.165) is 11.1 Å². The number of anilines is 1. The molecule has 2 aromatic carbocycles. The molecule has 1 spiro atoms. The Labute approximate surface area is 191 Å². The third kappa shape index (κ3) is 3.24. The van der Waals surface area contributed by atoms with Gasteiger partial charge in [0.25, 0.3) is 0 Å². The van der Waals surface area contributed by atoms with Crippen molar-refractivity contribution in [3.8, 4) is 0 Å². The summed E-state index contributed by atoms with van der Waals surface area (Å²) in [6.45, 7) is 2.16. The molecule has 0 bridgehead atoms. The van der Waals surface area contributed by atoms with E-state index in [1.165, 1.54) is 4.90 Å². The Balaban J connectivity index is 1.53. The van der Waals surface area contributed by atoms with E-state index < -0.39 is 29.3 Å². The maximum Gasteiger partial charge on any atom is 0.250 e. The van der Waals surface area contributed by atoms with Crippen molar-refractivity contribution in [1.82, 2.24) is 10.2 Å². The molecule has 4 N–H and O–H groups in total. The lowest BCUT2D eigenvalue weighted by Crippen LogP contribution is -2.53. The van der Waals surface area contributed by atoms with Crippen LogP contribution in [0.3, 0.4) is 0 Å². The molecule has 3 aliphatic rings. The molecule has 0 aliphatic carbocycles. The summed E-state index contributed by atoms with van der Waals surface area (Å²) in [5.41, 5.74) is 7.30. The van der Waals surface area contributed by atoms with E-state index in [9.17, 15) is 19.2 Å². The van der Waals surface area contributed by atoms with Gasteiger partial charge in [-0.15, -0.1) is 0 Å². The molecule has 2 fully saturated rings. The Hall–Kier alpha value is -3.52. The number of amides is 4. The molecule has 0 saturated carbocycles. The van der Waals surface area contributed by atoms with Gasteiger partial charge < -0.3 is 11.1 Å². The van der Waals surface area contributed by atoms with Crippen molar-refractivity contribution >= 4 is 29.3 Å². The quantitative estimate of drug-likeness (QED) is 0.576. The topological polar surface area (TPSA) is 122 Å². The van der Waals surface area contributed by atoms with Crippen LogP contribution in [0.4, 0.5) is 5.69 Å². The van der Waals surface area contributed by atoms with Crippen LogP contribution in [-0.4, -0.2) is 41.1 Å². The summed E-state index contributed by atoms with van der Waals surface area (Å²) in [4.78, 5) is 53.4. The number of nitrogens with two attached hydrogens (primary N) is 1. The normalized spacial score (nSPS) is 27.7. The number of aryl methyl sites for hydroxylation is 1. The SMILES string of the molecule is Cc1ccc2c(c1)[C@@]1(N[C@@H](CCC(N)=O)[C@H]3C(=O)N(CCc4ccccc4)C(=O)[C@@H]31)C(=O)N2. The molecule has 8 heteroatoms. The Morgan fingerprint density at radius 2 is 1.85 bits per heavy atom. The Bertz CT molecular complexity index is 1160. The first kappa shape index (κ1) is 21.3. The molecule has 0 aromatic heterocycles. The van der Waals surface area contributed by atoms with Crippen LogP contribution in [0.1, 0.15) is 29.5 Å². The van der Waals surface area contributed by atoms with Gasteiger partial charge in [0.2, 0.25) is 23.6 Å². The minimum atomic E-state index is -1.34. The highest BCUT2D eigenvalue weighted by atomic mass is 16.2. The number of carbonyl (C=O) groups is 4. The highest BCUT2D eigenvalue weighted by Crippen LogP contribution is 2.53. The van der Waals surface area contributed by atoms with Gasteiger partial charge in [0.15, 0.2) is 0 Å². The molecule has 170 valence electrons. The van der Waals surface area contributed by atoms with Gasteiger partial charge in [-0.1, -0.05) is 48.0 Å². The number of nitrogens with one attached hydrogen (secondary N) is 2. The van der Waals surface area contributed by atoms with Gasteiger partial charge >= 0.3 is 0 Å². The number of imide groups is 1. The maximum atomic E-state index is 13.7.